The van der Waals surface area contributed by atoms with Gasteiger partial charge in [0.25, 0.3) is 0 Å². The van der Waals surface area contributed by atoms with Gasteiger partial charge in [-0.05, 0) is 74.5 Å². The molecule has 18 heavy (non-hydrogen) atoms. The predicted molar refractivity (Wildman–Crippen MR) is 76.4 cm³/mol. The van der Waals surface area contributed by atoms with Gasteiger partial charge in [0.15, 0.2) is 5.06 Å². The van der Waals surface area contributed by atoms with Crippen LogP contribution in [0.25, 0.3) is 0 Å². The molecule has 1 aliphatic carbocycles. The maximum atomic E-state index is 5.89. The van der Waals surface area contributed by atoms with Crippen LogP contribution in [0.4, 0.5) is 0 Å². The van der Waals surface area contributed by atoms with Gasteiger partial charge in [-0.3, -0.25) is 0 Å². The zero-order valence-corrected chi connectivity index (χ0v) is 12.0. The molecule has 1 aromatic rings. The first-order valence-electron chi connectivity index (χ1n) is 7.20. The van der Waals surface area contributed by atoms with Crippen molar-refractivity contribution in [2.45, 2.75) is 32.6 Å². The normalized spacial score (nSPS) is 22.3. The van der Waals surface area contributed by atoms with Gasteiger partial charge in [-0.1, -0.05) is 0 Å². The van der Waals surface area contributed by atoms with Gasteiger partial charge in [-0.25, -0.2) is 0 Å². The Bertz CT molecular complexity index is 378. The van der Waals surface area contributed by atoms with Crippen molar-refractivity contribution in [1.82, 2.24) is 4.90 Å². The molecule has 0 aromatic carbocycles. The van der Waals surface area contributed by atoms with Crippen molar-refractivity contribution < 1.29 is 4.74 Å². The second-order valence-electron chi connectivity index (χ2n) is 5.94. The molecule has 0 amide bonds. The van der Waals surface area contributed by atoms with E-state index in [1.54, 1.807) is 11.3 Å². The van der Waals surface area contributed by atoms with Crippen LogP contribution < -0.4 is 4.74 Å². The zero-order valence-electron chi connectivity index (χ0n) is 11.2. The summed E-state index contributed by atoms with van der Waals surface area (Å²) >= 11 is 1.72. The van der Waals surface area contributed by atoms with Crippen LogP contribution in [-0.4, -0.2) is 31.1 Å². The van der Waals surface area contributed by atoms with E-state index < -0.39 is 0 Å². The Morgan fingerprint density at radius 2 is 2.00 bits per heavy atom. The highest BCUT2D eigenvalue weighted by Crippen LogP contribution is 2.31. The molecular formula is C15H23NOS. The van der Waals surface area contributed by atoms with Gasteiger partial charge in [0.2, 0.25) is 0 Å². The van der Waals surface area contributed by atoms with E-state index >= 15 is 0 Å². The summed E-state index contributed by atoms with van der Waals surface area (Å²) in [5.74, 6) is 1.80. The van der Waals surface area contributed by atoms with E-state index in [-0.39, 0.29) is 0 Å². The van der Waals surface area contributed by atoms with Crippen molar-refractivity contribution in [3.8, 4) is 5.06 Å². The predicted octanol–water partition coefficient (Wildman–Crippen LogP) is 3.56. The van der Waals surface area contributed by atoms with Gasteiger partial charge in [-0.2, -0.15) is 0 Å². The second-order valence-corrected chi connectivity index (χ2v) is 6.82. The molecule has 0 N–H and O–H groups in total. The van der Waals surface area contributed by atoms with E-state index in [0.717, 1.165) is 23.5 Å². The quantitative estimate of drug-likeness (QED) is 0.807. The molecule has 2 nitrogen and oxygen atoms in total. The summed E-state index contributed by atoms with van der Waals surface area (Å²) in [5.41, 5.74) is 1.31. The fourth-order valence-corrected chi connectivity index (χ4v) is 3.44. The first kappa shape index (κ1) is 12.5. The number of aryl methyl sites for hydroxylation is 1. The lowest BCUT2D eigenvalue weighted by atomic mass is 9.97. The molecule has 0 bridgehead atoms. The number of likely N-dealkylation sites (tertiary alicyclic amines) is 1. The van der Waals surface area contributed by atoms with Gasteiger partial charge >= 0.3 is 0 Å². The van der Waals surface area contributed by atoms with Crippen molar-refractivity contribution in [3.63, 3.8) is 0 Å². The number of rotatable bonds is 5. The van der Waals surface area contributed by atoms with Crippen LogP contribution in [0.15, 0.2) is 11.4 Å². The second kappa shape index (κ2) is 5.62. The maximum Gasteiger partial charge on any atom is 0.173 e. The summed E-state index contributed by atoms with van der Waals surface area (Å²) in [4.78, 5) is 2.66. The summed E-state index contributed by atoms with van der Waals surface area (Å²) < 4.78 is 5.89. The summed E-state index contributed by atoms with van der Waals surface area (Å²) in [5, 5.41) is 3.25. The van der Waals surface area contributed by atoms with Crippen LogP contribution in [0.5, 0.6) is 5.06 Å². The van der Waals surface area contributed by atoms with Gasteiger partial charge in [-0.15, -0.1) is 11.3 Å². The van der Waals surface area contributed by atoms with Crippen LogP contribution in [0.2, 0.25) is 0 Å². The lowest BCUT2D eigenvalue weighted by Gasteiger charge is -2.31. The smallest absolute Gasteiger partial charge is 0.173 e. The fourth-order valence-electron chi connectivity index (χ4n) is 2.68. The topological polar surface area (TPSA) is 12.5 Å². The monoisotopic (exact) mass is 265 g/mol. The van der Waals surface area contributed by atoms with Crippen molar-refractivity contribution in [1.29, 1.82) is 0 Å². The van der Waals surface area contributed by atoms with Crippen molar-refractivity contribution in [3.05, 3.63) is 17.0 Å². The fraction of sp³-hybridized carbons (Fsp3) is 0.733. The highest BCUT2D eigenvalue weighted by atomic mass is 32.1. The Labute approximate surface area is 114 Å². The van der Waals surface area contributed by atoms with Gasteiger partial charge in [0.1, 0.15) is 0 Å². The van der Waals surface area contributed by atoms with E-state index in [0.29, 0.717) is 0 Å². The lowest BCUT2D eigenvalue weighted by Crippen LogP contribution is -2.36. The van der Waals surface area contributed by atoms with Crippen LogP contribution in [-0.2, 0) is 0 Å². The van der Waals surface area contributed by atoms with E-state index in [9.17, 15) is 0 Å². The number of hydrogen-bond donors (Lipinski definition) is 0. The Hall–Kier alpha value is -0.540. The average Bonchev–Trinajstić information content (AvgIpc) is 3.09. The van der Waals surface area contributed by atoms with E-state index in [1.165, 1.54) is 50.9 Å². The molecule has 1 saturated carbocycles. The van der Waals surface area contributed by atoms with Crippen LogP contribution in [0, 0.1) is 18.8 Å². The minimum Gasteiger partial charge on any atom is -0.484 e. The molecule has 0 spiro atoms. The Balaban J connectivity index is 1.37. The molecule has 3 rings (SSSR count). The third kappa shape index (κ3) is 3.48. The third-order valence-electron chi connectivity index (χ3n) is 4.09. The molecule has 1 saturated heterocycles. The van der Waals surface area contributed by atoms with Crippen LogP contribution >= 0.6 is 11.3 Å². The SMILES string of the molecule is Cc1csc(OCC2CCN(CC3CC3)CC2)c1. The number of thiophene rings is 1. The molecule has 0 radical (unpaired) electrons. The minimum atomic E-state index is 0.767. The largest absolute Gasteiger partial charge is 0.484 e. The van der Waals surface area contributed by atoms with Gasteiger partial charge < -0.3 is 9.64 Å². The standard InChI is InChI=1S/C15H23NOS/c1-12-8-15(18-11-12)17-10-14-4-6-16(7-5-14)9-13-2-3-13/h8,11,13-14H,2-7,9-10H2,1H3. The zero-order chi connectivity index (χ0) is 12.4. The number of nitrogens with zero attached hydrogens (tertiary/aromatic N) is 1. The molecule has 1 aliphatic heterocycles. The summed E-state index contributed by atoms with van der Waals surface area (Å²) in [6.45, 7) is 6.97. The van der Waals surface area contributed by atoms with Crippen LogP contribution in [0.1, 0.15) is 31.2 Å². The Kier molecular flexibility index (Phi) is 3.90. The highest BCUT2D eigenvalue weighted by Gasteiger charge is 2.27. The number of ether oxygens (including phenoxy) is 1. The first-order chi connectivity index (χ1) is 8.79. The van der Waals surface area contributed by atoms with E-state index in [2.05, 4.69) is 23.3 Å². The molecule has 0 atom stereocenters. The van der Waals surface area contributed by atoms with E-state index in [1.807, 2.05) is 0 Å². The maximum absolute atomic E-state index is 5.89. The van der Waals surface area contributed by atoms with Crippen molar-refractivity contribution in [2.24, 2.45) is 11.8 Å². The number of piperidine rings is 1. The summed E-state index contributed by atoms with van der Waals surface area (Å²) in [7, 11) is 0. The first-order valence-corrected chi connectivity index (χ1v) is 8.08. The summed E-state index contributed by atoms with van der Waals surface area (Å²) in [6.07, 6.45) is 5.58. The van der Waals surface area contributed by atoms with Crippen LogP contribution in [0.3, 0.4) is 0 Å². The van der Waals surface area contributed by atoms with E-state index in [4.69, 9.17) is 4.74 Å². The van der Waals surface area contributed by atoms with Gasteiger partial charge in [0.05, 0.1) is 6.61 Å². The molecule has 2 heterocycles. The highest BCUT2D eigenvalue weighted by molar-refractivity contribution is 7.12. The molecule has 2 aliphatic rings. The molecule has 0 unspecified atom stereocenters. The molecule has 2 fully saturated rings. The van der Waals surface area contributed by atoms with Crippen molar-refractivity contribution in [2.75, 3.05) is 26.2 Å². The molecule has 100 valence electrons. The molecular weight excluding hydrogens is 242 g/mol. The Morgan fingerprint density at radius 3 is 2.61 bits per heavy atom. The molecule has 1 aromatic heterocycles. The summed E-state index contributed by atoms with van der Waals surface area (Å²) in [6, 6.07) is 2.15. The minimum absolute atomic E-state index is 0.767. The van der Waals surface area contributed by atoms with Gasteiger partial charge in [0, 0.05) is 6.54 Å². The number of hydrogen-bond acceptors (Lipinski definition) is 3. The lowest BCUT2D eigenvalue weighted by molar-refractivity contribution is 0.139. The Morgan fingerprint density at radius 1 is 1.22 bits per heavy atom. The molecule has 3 heteroatoms. The van der Waals surface area contributed by atoms with Crippen molar-refractivity contribution >= 4 is 11.3 Å². The average molecular weight is 265 g/mol. The third-order valence-corrected chi connectivity index (χ3v) is 5.05.